The van der Waals surface area contributed by atoms with E-state index in [4.69, 9.17) is 5.73 Å². The van der Waals surface area contributed by atoms with Crippen molar-refractivity contribution in [2.45, 2.75) is 11.8 Å². The number of rotatable bonds is 3. The van der Waals surface area contributed by atoms with E-state index in [1.165, 1.54) is 31.5 Å². The molecule has 100 valence electrons. The van der Waals surface area contributed by atoms with E-state index in [1.807, 2.05) is 0 Å². The number of nitrogens with one attached hydrogen (secondary N) is 1. The number of sulfonamides is 1. The number of aryl methyl sites for hydroxylation is 1. The summed E-state index contributed by atoms with van der Waals surface area (Å²) in [6, 6.07) is 4.91. The lowest BCUT2D eigenvalue weighted by Gasteiger charge is -2.11. The second kappa shape index (κ2) is 4.85. The van der Waals surface area contributed by atoms with E-state index in [-0.39, 0.29) is 16.3 Å². The lowest BCUT2D eigenvalue weighted by molar-refractivity contribution is 0.598. The molecule has 0 fully saturated rings. The minimum Gasteiger partial charge on any atom is -0.396 e. The molecule has 5 nitrogen and oxygen atoms in total. The first-order valence-electron chi connectivity index (χ1n) is 5.38. The fourth-order valence-corrected chi connectivity index (χ4v) is 2.93. The molecule has 0 saturated heterocycles. The Balaban J connectivity index is 2.41. The van der Waals surface area contributed by atoms with Crippen LogP contribution >= 0.6 is 0 Å². The molecule has 1 heterocycles. The van der Waals surface area contributed by atoms with Crippen molar-refractivity contribution in [3.05, 3.63) is 48.0 Å². The van der Waals surface area contributed by atoms with Crippen LogP contribution in [0.4, 0.5) is 15.8 Å². The first kappa shape index (κ1) is 13.3. The molecular weight excluding hydrogens is 269 g/mol. The minimum atomic E-state index is -3.81. The lowest BCUT2D eigenvalue weighted by Crippen LogP contribution is -2.15. The van der Waals surface area contributed by atoms with Crippen LogP contribution in [0.5, 0.6) is 0 Å². The highest BCUT2D eigenvalue weighted by atomic mass is 32.2. The van der Waals surface area contributed by atoms with Gasteiger partial charge in [0.25, 0.3) is 10.0 Å². The number of anilines is 2. The molecule has 19 heavy (non-hydrogen) atoms. The van der Waals surface area contributed by atoms with Gasteiger partial charge < -0.3 is 5.73 Å². The lowest BCUT2D eigenvalue weighted by atomic mass is 10.2. The Morgan fingerprint density at radius 3 is 2.68 bits per heavy atom. The molecule has 3 N–H and O–H groups in total. The number of benzene rings is 1. The number of halogens is 1. The smallest absolute Gasteiger partial charge is 0.262 e. The monoisotopic (exact) mass is 281 g/mol. The van der Waals surface area contributed by atoms with E-state index in [9.17, 15) is 12.8 Å². The van der Waals surface area contributed by atoms with Gasteiger partial charge in [0.15, 0.2) is 0 Å². The van der Waals surface area contributed by atoms with Crippen LogP contribution in [0.1, 0.15) is 5.56 Å². The van der Waals surface area contributed by atoms with Crippen LogP contribution in [0.2, 0.25) is 0 Å². The number of aromatic nitrogens is 1. The van der Waals surface area contributed by atoms with Crippen LogP contribution in [0.15, 0.2) is 41.6 Å². The van der Waals surface area contributed by atoms with E-state index >= 15 is 0 Å². The Morgan fingerprint density at radius 2 is 2.05 bits per heavy atom. The average molecular weight is 281 g/mol. The maximum absolute atomic E-state index is 13.0. The number of hydrogen-bond acceptors (Lipinski definition) is 4. The minimum absolute atomic E-state index is 0.00473. The third-order valence-corrected chi connectivity index (χ3v) is 4.05. The Bertz CT molecular complexity index is 717. The third-order valence-electron chi connectivity index (χ3n) is 2.52. The van der Waals surface area contributed by atoms with Gasteiger partial charge in [-0.25, -0.2) is 12.8 Å². The molecule has 0 unspecified atom stereocenters. The molecule has 0 radical (unpaired) electrons. The van der Waals surface area contributed by atoms with E-state index in [2.05, 4.69) is 9.71 Å². The highest BCUT2D eigenvalue weighted by Crippen LogP contribution is 2.22. The summed E-state index contributed by atoms with van der Waals surface area (Å²) < 4.78 is 39.7. The second-order valence-electron chi connectivity index (χ2n) is 3.98. The topological polar surface area (TPSA) is 85.1 Å². The summed E-state index contributed by atoms with van der Waals surface area (Å²) in [5.41, 5.74) is 6.39. The summed E-state index contributed by atoms with van der Waals surface area (Å²) in [6.45, 7) is 1.52. The van der Waals surface area contributed by atoms with Crippen molar-refractivity contribution in [3.8, 4) is 0 Å². The zero-order valence-corrected chi connectivity index (χ0v) is 10.9. The second-order valence-corrected chi connectivity index (χ2v) is 5.63. The van der Waals surface area contributed by atoms with Crippen molar-refractivity contribution in [3.63, 3.8) is 0 Å². The predicted octanol–water partition coefficient (Wildman–Crippen LogP) is 1.91. The number of nitrogen functional groups attached to an aromatic ring is 1. The summed E-state index contributed by atoms with van der Waals surface area (Å²) in [6.07, 6.45) is 2.76. The van der Waals surface area contributed by atoms with Gasteiger partial charge in [0, 0.05) is 6.20 Å². The van der Waals surface area contributed by atoms with Gasteiger partial charge >= 0.3 is 0 Å². The van der Waals surface area contributed by atoms with Gasteiger partial charge in [-0.2, -0.15) is 0 Å². The van der Waals surface area contributed by atoms with Crippen molar-refractivity contribution in [1.82, 2.24) is 4.98 Å². The van der Waals surface area contributed by atoms with Crippen molar-refractivity contribution in [2.24, 2.45) is 0 Å². The predicted molar refractivity (Wildman–Crippen MR) is 70.6 cm³/mol. The van der Waals surface area contributed by atoms with Crippen LogP contribution < -0.4 is 10.5 Å². The normalized spacial score (nSPS) is 11.3. The number of nitrogens with two attached hydrogens (primary N) is 1. The molecule has 1 aromatic heterocycles. The number of nitrogens with zero attached hydrogens (tertiary/aromatic N) is 1. The molecule has 0 amide bonds. The fraction of sp³-hybridized carbons (Fsp3) is 0.0833. The highest BCUT2D eigenvalue weighted by Gasteiger charge is 2.18. The van der Waals surface area contributed by atoms with Crippen LogP contribution in [0, 0.1) is 12.7 Å². The quantitative estimate of drug-likeness (QED) is 0.900. The van der Waals surface area contributed by atoms with Gasteiger partial charge in [0.2, 0.25) is 0 Å². The summed E-state index contributed by atoms with van der Waals surface area (Å²) in [7, 11) is -3.81. The largest absolute Gasteiger partial charge is 0.396 e. The van der Waals surface area contributed by atoms with Crippen LogP contribution in [-0.2, 0) is 10.0 Å². The average Bonchev–Trinajstić information content (AvgIpc) is 2.31. The first-order chi connectivity index (χ1) is 8.90. The zero-order chi connectivity index (χ0) is 14.0. The van der Waals surface area contributed by atoms with Gasteiger partial charge in [-0.3, -0.25) is 9.71 Å². The van der Waals surface area contributed by atoms with Crippen LogP contribution in [-0.4, -0.2) is 13.4 Å². The molecule has 2 aromatic rings. The fourth-order valence-electron chi connectivity index (χ4n) is 1.61. The SMILES string of the molecule is Cc1cc(F)ccc1S(=O)(=O)Nc1ccncc1N. The van der Waals surface area contributed by atoms with Crippen molar-refractivity contribution in [2.75, 3.05) is 10.5 Å². The molecule has 1 aromatic carbocycles. The van der Waals surface area contributed by atoms with E-state index in [0.29, 0.717) is 5.56 Å². The van der Waals surface area contributed by atoms with Crippen LogP contribution in [0.25, 0.3) is 0 Å². The molecule has 0 aliphatic heterocycles. The van der Waals surface area contributed by atoms with Gasteiger partial charge in [0.05, 0.1) is 22.5 Å². The van der Waals surface area contributed by atoms with E-state index in [0.717, 1.165) is 12.1 Å². The summed E-state index contributed by atoms with van der Waals surface area (Å²) in [5.74, 6) is -0.486. The Hall–Kier alpha value is -2.15. The maximum Gasteiger partial charge on any atom is 0.262 e. The third kappa shape index (κ3) is 2.82. The van der Waals surface area contributed by atoms with Gasteiger partial charge in [-0.05, 0) is 36.8 Å². The molecule has 0 aliphatic rings. The molecule has 7 heteroatoms. The Kier molecular flexibility index (Phi) is 3.39. The molecule has 0 aliphatic carbocycles. The summed E-state index contributed by atoms with van der Waals surface area (Å²) in [5, 5.41) is 0. The van der Waals surface area contributed by atoms with Crippen LogP contribution in [0.3, 0.4) is 0 Å². The van der Waals surface area contributed by atoms with Gasteiger partial charge in [-0.1, -0.05) is 0 Å². The molecule has 2 rings (SSSR count). The van der Waals surface area contributed by atoms with Crippen molar-refractivity contribution in [1.29, 1.82) is 0 Å². The van der Waals surface area contributed by atoms with Gasteiger partial charge in [-0.15, -0.1) is 0 Å². The van der Waals surface area contributed by atoms with Crippen molar-refractivity contribution >= 4 is 21.4 Å². The molecule has 0 bridgehead atoms. The van der Waals surface area contributed by atoms with E-state index in [1.54, 1.807) is 0 Å². The standard InChI is InChI=1S/C12H12FN3O2S/c1-8-6-9(13)2-3-12(8)19(17,18)16-11-4-5-15-7-10(11)14/h2-7H,14H2,1H3,(H,15,16). The molecule has 0 saturated carbocycles. The van der Waals surface area contributed by atoms with Crippen molar-refractivity contribution < 1.29 is 12.8 Å². The summed E-state index contributed by atoms with van der Waals surface area (Å²) >= 11 is 0. The zero-order valence-electron chi connectivity index (χ0n) is 10.1. The number of hydrogen-bond donors (Lipinski definition) is 2. The number of pyridine rings is 1. The molecular formula is C12H12FN3O2S. The Labute approximate surface area is 110 Å². The maximum atomic E-state index is 13.0. The Morgan fingerprint density at radius 1 is 1.32 bits per heavy atom. The molecule has 0 atom stereocenters. The van der Waals surface area contributed by atoms with E-state index < -0.39 is 15.8 Å². The summed E-state index contributed by atoms with van der Waals surface area (Å²) in [4.78, 5) is 3.77. The molecule has 0 spiro atoms. The first-order valence-corrected chi connectivity index (χ1v) is 6.87. The van der Waals surface area contributed by atoms with Gasteiger partial charge in [0.1, 0.15) is 5.82 Å². The highest BCUT2D eigenvalue weighted by molar-refractivity contribution is 7.92.